The average molecular weight is 322 g/mol. The molecule has 0 aliphatic rings. The van der Waals surface area contributed by atoms with E-state index in [0.29, 0.717) is 18.9 Å². The first kappa shape index (κ1) is 13.8. The van der Waals surface area contributed by atoms with E-state index in [0.717, 1.165) is 22.6 Å². The second kappa shape index (κ2) is 6.02. The van der Waals surface area contributed by atoms with Crippen molar-refractivity contribution in [1.29, 1.82) is 5.26 Å². The van der Waals surface area contributed by atoms with Crippen LogP contribution in [0.3, 0.4) is 0 Å². The van der Waals surface area contributed by atoms with E-state index in [1.807, 2.05) is 16.8 Å². The number of hydrogen-bond acceptors (Lipinski definition) is 4. The summed E-state index contributed by atoms with van der Waals surface area (Å²) in [4.78, 5) is 11.0. The molecular formula is C13H16BrN5. The first-order chi connectivity index (χ1) is 9.11. The molecule has 0 N–H and O–H groups in total. The lowest BCUT2D eigenvalue weighted by Gasteiger charge is -2.25. The van der Waals surface area contributed by atoms with Crippen LogP contribution in [0.2, 0.25) is 0 Å². The predicted molar refractivity (Wildman–Crippen MR) is 78.0 cm³/mol. The molecule has 2 aromatic rings. The molecule has 0 unspecified atom stereocenters. The zero-order valence-electron chi connectivity index (χ0n) is 11.0. The molecule has 0 saturated heterocycles. The summed E-state index contributed by atoms with van der Waals surface area (Å²) in [6.45, 7) is 5.83. The molecule has 2 rings (SSSR count). The number of rotatable bonds is 5. The van der Waals surface area contributed by atoms with Crippen molar-refractivity contribution in [3.63, 3.8) is 0 Å². The minimum atomic E-state index is 0.480. The lowest BCUT2D eigenvalue weighted by molar-refractivity contribution is 0.607. The van der Waals surface area contributed by atoms with Gasteiger partial charge in [-0.3, -0.25) is 0 Å². The molecule has 2 heterocycles. The maximum Gasteiger partial charge on any atom is 0.180 e. The van der Waals surface area contributed by atoms with Crippen molar-refractivity contribution in [1.82, 2.24) is 14.4 Å². The summed E-state index contributed by atoms with van der Waals surface area (Å²) < 4.78 is 2.70. The van der Waals surface area contributed by atoms with Gasteiger partial charge in [-0.15, -0.1) is 0 Å². The van der Waals surface area contributed by atoms with E-state index in [1.54, 1.807) is 6.20 Å². The summed E-state index contributed by atoms with van der Waals surface area (Å²) >= 11 is 3.42. The molecule has 0 aromatic carbocycles. The van der Waals surface area contributed by atoms with Crippen LogP contribution in [0.15, 0.2) is 23.2 Å². The Kier molecular flexibility index (Phi) is 4.38. The fourth-order valence-corrected chi connectivity index (χ4v) is 2.40. The molecule has 0 amide bonds. The van der Waals surface area contributed by atoms with E-state index in [-0.39, 0.29) is 0 Å². The van der Waals surface area contributed by atoms with Crippen LogP contribution < -0.4 is 4.90 Å². The van der Waals surface area contributed by atoms with Crippen LogP contribution in [0.25, 0.3) is 5.65 Å². The van der Waals surface area contributed by atoms with Crippen LogP contribution in [0.4, 0.5) is 5.82 Å². The second-order valence-corrected chi connectivity index (χ2v) is 5.61. The summed E-state index contributed by atoms with van der Waals surface area (Å²) in [6, 6.07) is 2.19. The van der Waals surface area contributed by atoms with E-state index in [1.165, 1.54) is 0 Å². The van der Waals surface area contributed by atoms with E-state index < -0.39 is 0 Å². The van der Waals surface area contributed by atoms with Gasteiger partial charge in [0.25, 0.3) is 0 Å². The molecule has 6 heteroatoms. The Hall–Kier alpha value is -1.61. The largest absolute Gasteiger partial charge is 0.352 e. The van der Waals surface area contributed by atoms with Crippen molar-refractivity contribution < 1.29 is 0 Å². The molecule has 2 aromatic heterocycles. The highest BCUT2D eigenvalue weighted by Gasteiger charge is 2.15. The van der Waals surface area contributed by atoms with Gasteiger partial charge in [0.2, 0.25) is 0 Å². The molecule has 0 radical (unpaired) electrons. The third kappa shape index (κ3) is 3.24. The monoisotopic (exact) mass is 321 g/mol. The zero-order valence-corrected chi connectivity index (χ0v) is 12.6. The molecule has 0 bridgehead atoms. The van der Waals surface area contributed by atoms with E-state index in [2.05, 4.69) is 50.7 Å². The summed E-state index contributed by atoms with van der Waals surface area (Å²) in [5.74, 6) is 1.32. The van der Waals surface area contributed by atoms with Gasteiger partial charge in [-0.2, -0.15) is 5.26 Å². The molecule has 19 heavy (non-hydrogen) atoms. The van der Waals surface area contributed by atoms with Gasteiger partial charge in [0, 0.05) is 31.7 Å². The van der Waals surface area contributed by atoms with Gasteiger partial charge in [-0.05, 0) is 21.8 Å². The fraction of sp³-hybridized carbons (Fsp3) is 0.462. The van der Waals surface area contributed by atoms with Gasteiger partial charge in [0.1, 0.15) is 4.60 Å². The molecule has 0 saturated carbocycles. The number of aromatic nitrogens is 3. The van der Waals surface area contributed by atoms with Crippen LogP contribution >= 0.6 is 15.9 Å². The number of anilines is 1. The van der Waals surface area contributed by atoms with E-state index in [4.69, 9.17) is 5.26 Å². The zero-order chi connectivity index (χ0) is 13.8. The SMILES string of the molecule is CC(C)CN(CCC#N)c1nc(Br)cn2ccnc12. The van der Waals surface area contributed by atoms with Gasteiger partial charge in [0.05, 0.1) is 12.5 Å². The molecular weight excluding hydrogens is 306 g/mol. The molecule has 5 nitrogen and oxygen atoms in total. The smallest absolute Gasteiger partial charge is 0.180 e. The highest BCUT2D eigenvalue weighted by Crippen LogP contribution is 2.22. The van der Waals surface area contributed by atoms with Gasteiger partial charge < -0.3 is 9.30 Å². The third-order valence-corrected chi connectivity index (χ3v) is 3.09. The first-order valence-electron chi connectivity index (χ1n) is 6.23. The standard InChI is InChI=1S/C13H16BrN5/c1-10(2)8-18(6-3-4-15)13-12-16-5-7-19(12)9-11(14)17-13/h5,7,9-10H,3,6,8H2,1-2H3. The number of hydrogen-bond donors (Lipinski definition) is 0. The Morgan fingerprint density at radius 1 is 1.53 bits per heavy atom. The maximum atomic E-state index is 8.80. The van der Waals surface area contributed by atoms with Crippen molar-refractivity contribution in [2.24, 2.45) is 5.92 Å². The highest BCUT2D eigenvalue weighted by atomic mass is 79.9. The summed E-state index contributed by atoms with van der Waals surface area (Å²) in [5, 5.41) is 8.80. The van der Waals surface area contributed by atoms with Crippen LogP contribution in [-0.2, 0) is 0 Å². The van der Waals surface area contributed by atoms with Gasteiger partial charge in [-0.25, -0.2) is 9.97 Å². The molecule has 0 fully saturated rings. The Labute approximate surface area is 121 Å². The Morgan fingerprint density at radius 2 is 2.32 bits per heavy atom. The lowest BCUT2D eigenvalue weighted by Crippen LogP contribution is -2.30. The van der Waals surface area contributed by atoms with Crippen molar-refractivity contribution in [3.05, 3.63) is 23.2 Å². The Balaban J connectivity index is 2.42. The maximum absolute atomic E-state index is 8.80. The third-order valence-electron chi connectivity index (χ3n) is 2.71. The number of nitriles is 1. The van der Waals surface area contributed by atoms with E-state index in [9.17, 15) is 0 Å². The fourth-order valence-electron chi connectivity index (χ4n) is 2.01. The summed E-state index contributed by atoms with van der Waals surface area (Å²) in [5.41, 5.74) is 0.821. The first-order valence-corrected chi connectivity index (χ1v) is 7.02. The number of imidazole rings is 1. The lowest BCUT2D eigenvalue weighted by atomic mass is 10.2. The van der Waals surface area contributed by atoms with Gasteiger partial charge >= 0.3 is 0 Å². The van der Waals surface area contributed by atoms with Gasteiger partial charge in [-0.1, -0.05) is 13.8 Å². The number of nitrogens with zero attached hydrogens (tertiary/aromatic N) is 5. The van der Waals surface area contributed by atoms with Crippen LogP contribution in [0.1, 0.15) is 20.3 Å². The molecule has 0 spiro atoms. The van der Waals surface area contributed by atoms with Crippen molar-refractivity contribution in [3.8, 4) is 6.07 Å². The minimum Gasteiger partial charge on any atom is -0.352 e. The van der Waals surface area contributed by atoms with Crippen LogP contribution in [-0.4, -0.2) is 27.5 Å². The van der Waals surface area contributed by atoms with Crippen molar-refractivity contribution >= 4 is 27.4 Å². The van der Waals surface area contributed by atoms with Crippen LogP contribution in [0.5, 0.6) is 0 Å². The van der Waals surface area contributed by atoms with E-state index >= 15 is 0 Å². The molecule has 0 aliphatic carbocycles. The molecule has 100 valence electrons. The van der Waals surface area contributed by atoms with Crippen molar-refractivity contribution in [2.75, 3.05) is 18.0 Å². The molecule has 0 atom stereocenters. The minimum absolute atomic E-state index is 0.480. The normalized spacial score (nSPS) is 10.9. The number of halogens is 1. The average Bonchev–Trinajstić information content (AvgIpc) is 2.80. The quantitative estimate of drug-likeness (QED) is 0.849. The van der Waals surface area contributed by atoms with Gasteiger partial charge in [0.15, 0.2) is 11.5 Å². The molecule has 0 aliphatic heterocycles. The highest BCUT2D eigenvalue weighted by molar-refractivity contribution is 9.10. The van der Waals surface area contributed by atoms with Crippen LogP contribution in [0, 0.1) is 17.2 Å². The second-order valence-electron chi connectivity index (χ2n) is 4.79. The summed E-state index contributed by atoms with van der Waals surface area (Å²) in [7, 11) is 0. The summed E-state index contributed by atoms with van der Waals surface area (Å²) in [6.07, 6.45) is 6.01. The topological polar surface area (TPSA) is 57.2 Å². The predicted octanol–water partition coefficient (Wildman–Crippen LogP) is 2.87. The number of fused-ring (bicyclic) bond motifs is 1. The Morgan fingerprint density at radius 3 is 3.00 bits per heavy atom. The Bertz CT molecular complexity index is 599. The van der Waals surface area contributed by atoms with Crippen molar-refractivity contribution in [2.45, 2.75) is 20.3 Å².